The van der Waals surface area contributed by atoms with E-state index in [4.69, 9.17) is 9.47 Å². The van der Waals surface area contributed by atoms with E-state index in [9.17, 15) is 18.4 Å². The number of hydrogen-bond donors (Lipinski definition) is 0. The topological polar surface area (TPSA) is 52.6 Å². The Hall–Kier alpha value is -2.76. The highest BCUT2D eigenvalue weighted by molar-refractivity contribution is 5.89. The molecule has 0 aromatic heterocycles. The molecule has 0 spiro atoms. The van der Waals surface area contributed by atoms with Crippen LogP contribution >= 0.6 is 0 Å². The van der Waals surface area contributed by atoms with Crippen molar-refractivity contribution in [3.8, 4) is 0 Å². The van der Waals surface area contributed by atoms with E-state index in [-0.39, 0.29) is 24.3 Å². The molecule has 0 aliphatic carbocycles. The number of carbonyl (C=O) groups excluding carboxylic acids is 2. The average molecular weight is 348 g/mol. The molecule has 0 atom stereocenters. The first-order valence-corrected chi connectivity index (χ1v) is 7.91. The first-order valence-electron chi connectivity index (χ1n) is 7.91. The van der Waals surface area contributed by atoms with E-state index >= 15 is 0 Å². The van der Waals surface area contributed by atoms with Crippen LogP contribution < -0.4 is 0 Å². The van der Waals surface area contributed by atoms with Crippen LogP contribution in [-0.2, 0) is 9.47 Å². The van der Waals surface area contributed by atoms with Crippen LogP contribution in [0, 0.1) is 11.6 Å². The lowest BCUT2D eigenvalue weighted by Gasteiger charge is -2.06. The molecule has 132 valence electrons. The van der Waals surface area contributed by atoms with E-state index < -0.39 is 23.6 Å². The molecule has 0 fully saturated rings. The summed E-state index contributed by atoms with van der Waals surface area (Å²) < 4.78 is 36.1. The minimum atomic E-state index is -0.572. The lowest BCUT2D eigenvalue weighted by Crippen LogP contribution is -2.08. The third-order valence-electron chi connectivity index (χ3n) is 3.38. The molecule has 0 saturated heterocycles. The lowest BCUT2D eigenvalue weighted by atomic mass is 10.2. The van der Waals surface area contributed by atoms with Gasteiger partial charge in [0.05, 0.1) is 24.3 Å². The Morgan fingerprint density at radius 3 is 1.56 bits per heavy atom. The van der Waals surface area contributed by atoms with E-state index in [0.717, 1.165) is 12.1 Å². The molecule has 6 heteroatoms. The number of esters is 2. The molecule has 0 unspecified atom stereocenters. The Labute approximate surface area is 144 Å². The van der Waals surface area contributed by atoms with Gasteiger partial charge in [0.25, 0.3) is 0 Å². The molecule has 0 saturated carbocycles. The predicted molar refractivity (Wildman–Crippen MR) is 87.2 cm³/mol. The van der Waals surface area contributed by atoms with E-state index in [1.165, 1.54) is 36.4 Å². The second-order valence-electron chi connectivity index (χ2n) is 5.35. The maximum atomic E-state index is 13.0. The SMILES string of the molecule is O=C(OCCCCCOC(=O)c1cccc(F)c1)c1cccc(F)c1. The highest BCUT2D eigenvalue weighted by Gasteiger charge is 2.09. The largest absolute Gasteiger partial charge is 0.462 e. The molecule has 0 heterocycles. The van der Waals surface area contributed by atoms with Gasteiger partial charge in [-0.25, -0.2) is 18.4 Å². The molecular formula is C19H18F2O4. The fourth-order valence-corrected chi connectivity index (χ4v) is 2.11. The minimum Gasteiger partial charge on any atom is -0.462 e. The molecule has 25 heavy (non-hydrogen) atoms. The summed E-state index contributed by atoms with van der Waals surface area (Å²) in [6.07, 6.45) is 1.88. The first-order chi connectivity index (χ1) is 12.1. The number of unbranched alkanes of at least 4 members (excludes halogenated alkanes) is 2. The molecule has 0 radical (unpaired) electrons. The normalized spacial score (nSPS) is 10.3. The molecule has 2 rings (SSSR count). The summed E-state index contributed by atoms with van der Waals surface area (Å²) in [6, 6.07) is 10.6. The number of hydrogen-bond acceptors (Lipinski definition) is 4. The molecule has 0 bridgehead atoms. The van der Waals surface area contributed by atoms with Crippen molar-refractivity contribution in [3.05, 3.63) is 71.3 Å². The second-order valence-corrected chi connectivity index (χ2v) is 5.35. The number of halogens is 2. The summed E-state index contributed by atoms with van der Waals surface area (Å²) in [5.74, 6) is -2.13. The summed E-state index contributed by atoms with van der Waals surface area (Å²) in [7, 11) is 0. The van der Waals surface area contributed by atoms with Crippen LogP contribution in [0.3, 0.4) is 0 Å². The van der Waals surface area contributed by atoms with Crippen LogP contribution in [0.4, 0.5) is 8.78 Å². The van der Waals surface area contributed by atoms with Crippen LogP contribution in [0.5, 0.6) is 0 Å². The third kappa shape index (κ3) is 6.33. The highest BCUT2D eigenvalue weighted by atomic mass is 19.1. The maximum absolute atomic E-state index is 13.0. The Balaban J connectivity index is 1.58. The monoisotopic (exact) mass is 348 g/mol. The number of rotatable bonds is 8. The van der Waals surface area contributed by atoms with E-state index in [2.05, 4.69) is 0 Å². The van der Waals surface area contributed by atoms with Gasteiger partial charge in [-0.2, -0.15) is 0 Å². The van der Waals surface area contributed by atoms with Crippen LogP contribution in [0.1, 0.15) is 40.0 Å². The quantitative estimate of drug-likeness (QED) is 0.531. The van der Waals surface area contributed by atoms with Crippen molar-refractivity contribution >= 4 is 11.9 Å². The lowest BCUT2D eigenvalue weighted by molar-refractivity contribution is 0.0477. The van der Waals surface area contributed by atoms with Gasteiger partial charge in [0.15, 0.2) is 0 Å². The standard InChI is InChI=1S/C19H18F2O4/c20-16-8-4-6-14(12-16)18(22)24-10-2-1-3-11-25-19(23)15-7-5-9-17(21)13-15/h4-9,12-13H,1-3,10-11H2. The molecule has 0 aliphatic rings. The van der Waals surface area contributed by atoms with Gasteiger partial charge in [0, 0.05) is 0 Å². The van der Waals surface area contributed by atoms with Crippen molar-refractivity contribution in [1.82, 2.24) is 0 Å². The average Bonchev–Trinajstić information content (AvgIpc) is 2.60. The fraction of sp³-hybridized carbons (Fsp3) is 0.263. The number of carbonyl (C=O) groups is 2. The van der Waals surface area contributed by atoms with Crippen molar-refractivity contribution in [2.45, 2.75) is 19.3 Å². The van der Waals surface area contributed by atoms with E-state index in [1.54, 1.807) is 0 Å². The second kappa shape index (κ2) is 9.52. The van der Waals surface area contributed by atoms with Gasteiger partial charge in [0.2, 0.25) is 0 Å². The zero-order valence-electron chi connectivity index (χ0n) is 13.5. The molecule has 4 nitrogen and oxygen atoms in total. The van der Waals surface area contributed by atoms with Gasteiger partial charge in [-0.1, -0.05) is 12.1 Å². The van der Waals surface area contributed by atoms with Crippen molar-refractivity contribution in [1.29, 1.82) is 0 Å². The Bertz CT molecular complexity index is 669. The maximum Gasteiger partial charge on any atom is 0.338 e. The summed E-state index contributed by atoms with van der Waals surface area (Å²) in [4.78, 5) is 23.3. The summed E-state index contributed by atoms with van der Waals surface area (Å²) >= 11 is 0. The zero-order chi connectivity index (χ0) is 18.1. The Kier molecular flexibility index (Phi) is 7.07. The summed E-state index contributed by atoms with van der Waals surface area (Å²) in [5.41, 5.74) is 0.341. The van der Waals surface area contributed by atoms with Gasteiger partial charge in [-0.3, -0.25) is 0 Å². The summed E-state index contributed by atoms with van der Waals surface area (Å²) in [6.45, 7) is 0.403. The van der Waals surface area contributed by atoms with E-state index in [0.29, 0.717) is 19.3 Å². The van der Waals surface area contributed by atoms with Crippen molar-refractivity contribution in [2.24, 2.45) is 0 Å². The minimum absolute atomic E-state index is 0.170. The highest BCUT2D eigenvalue weighted by Crippen LogP contribution is 2.08. The van der Waals surface area contributed by atoms with Crippen LogP contribution in [0.25, 0.3) is 0 Å². The molecule has 2 aromatic rings. The van der Waals surface area contributed by atoms with Crippen LogP contribution in [0.2, 0.25) is 0 Å². The van der Waals surface area contributed by atoms with Crippen LogP contribution in [0.15, 0.2) is 48.5 Å². The third-order valence-corrected chi connectivity index (χ3v) is 3.38. The predicted octanol–water partition coefficient (Wildman–Crippen LogP) is 4.15. The zero-order valence-corrected chi connectivity index (χ0v) is 13.5. The molecular weight excluding hydrogens is 330 g/mol. The molecule has 0 amide bonds. The fourth-order valence-electron chi connectivity index (χ4n) is 2.11. The van der Waals surface area contributed by atoms with Crippen molar-refractivity contribution in [2.75, 3.05) is 13.2 Å². The smallest absolute Gasteiger partial charge is 0.338 e. The molecule has 0 N–H and O–H groups in total. The van der Waals surface area contributed by atoms with Gasteiger partial charge >= 0.3 is 11.9 Å². The number of ether oxygens (including phenoxy) is 2. The molecule has 0 aliphatic heterocycles. The van der Waals surface area contributed by atoms with E-state index in [1.807, 2.05) is 0 Å². The van der Waals surface area contributed by atoms with Crippen molar-refractivity contribution in [3.63, 3.8) is 0 Å². The summed E-state index contributed by atoms with van der Waals surface area (Å²) in [5, 5.41) is 0. The van der Waals surface area contributed by atoms with Crippen molar-refractivity contribution < 1.29 is 27.8 Å². The Morgan fingerprint density at radius 2 is 1.16 bits per heavy atom. The molecule has 2 aromatic carbocycles. The van der Waals surface area contributed by atoms with Gasteiger partial charge in [-0.15, -0.1) is 0 Å². The first kappa shape index (κ1) is 18.6. The Morgan fingerprint density at radius 1 is 0.720 bits per heavy atom. The van der Waals surface area contributed by atoms with Crippen LogP contribution in [-0.4, -0.2) is 25.2 Å². The van der Waals surface area contributed by atoms with Gasteiger partial charge < -0.3 is 9.47 Å². The van der Waals surface area contributed by atoms with Gasteiger partial charge in [-0.05, 0) is 55.7 Å². The van der Waals surface area contributed by atoms with Gasteiger partial charge in [0.1, 0.15) is 11.6 Å². The number of benzene rings is 2.